The zero-order valence-corrected chi connectivity index (χ0v) is 13.1. The molecule has 0 spiro atoms. The molecule has 0 radical (unpaired) electrons. The monoisotopic (exact) mass is 293 g/mol. The third-order valence-electron chi connectivity index (χ3n) is 4.61. The summed E-state index contributed by atoms with van der Waals surface area (Å²) < 4.78 is 0. The van der Waals surface area contributed by atoms with Crippen LogP contribution in [0, 0.1) is 5.92 Å². The molecule has 0 unspecified atom stereocenters. The second-order valence-corrected chi connectivity index (χ2v) is 6.34. The van der Waals surface area contributed by atoms with Gasteiger partial charge >= 0.3 is 0 Å². The Morgan fingerprint density at radius 1 is 0.909 bits per heavy atom. The van der Waals surface area contributed by atoms with E-state index in [0.717, 1.165) is 35.4 Å². The third-order valence-corrected chi connectivity index (χ3v) is 4.61. The summed E-state index contributed by atoms with van der Waals surface area (Å²) in [7, 11) is 0. The van der Waals surface area contributed by atoms with Gasteiger partial charge in [-0.2, -0.15) is 0 Å². The minimum Gasteiger partial charge on any atom is -0.349 e. The van der Waals surface area contributed by atoms with Crippen LogP contribution in [0.15, 0.2) is 54.6 Å². The van der Waals surface area contributed by atoms with Gasteiger partial charge < -0.3 is 5.32 Å². The Labute approximate surface area is 132 Å². The summed E-state index contributed by atoms with van der Waals surface area (Å²) in [6, 6.07) is 18.3. The lowest BCUT2D eigenvalue weighted by atomic mass is 9.87. The summed E-state index contributed by atoms with van der Waals surface area (Å²) in [4.78, 5) is 12.7. The highest BCUT2D eigenvalue weighted by Gasteiger charge is 2.21. The molecular formula is C20H23NO. The van der Waals surface area contributed by atoms with Crippen molar-refractivity contribution in [3.8, 4) is 11.1 Å². The maximum Gasteiger partial charge on any atom is 0.252 e. The Hall–Kier alpha value is -2.09. The summed E-state index contributed by atoms with van der Waals surface area (Å²) in [6.45, 7) is 2.29. The highest BCUT2D eigenvalue weighted by atomic mass is 16.1. The van der Waals surface area contributed by atoms with Crippen LogP contribution in [0.2, 0.25) is 0 Å². The van der Waals surface area contributed by atoms with Crippen molar-refractivity contribution < 1.29 is 4.79 Å². The van der Waals surface area contributed by atoms with Crippen molar-refractivity contribution in [3.63, 3.8) is 0 Å². The maximum absolute atomic E-state index is 12.7. The van der Waals surface area contributed by atoms with Gasteiger partial charge in [-0.05, 0) is 48.8 Å². The van der Waals surface area contributed by atoms with Gasteiger partial charge in [0.15, 0.2) is 0 Å². The minimum atomic E-state index is 0.0546. The van der Waals surface area contributed by atoms with Crippen LogP contribution in [0.5, 0.6) is 0 Å². The normalized spacial score (nSPS) is 21.3. The molecule has 2 aromatic carbocycles. The van der Waals surface area contributed by atoms with Crippen LogP contribution in [0.4, 0.5) is 0 Å². The predicted octanol–water partition coefficient (Wildman–Crippen LogP) is 4.66. The van der Waals surface area contributed by atoms with Gasteiger partial charge in [-0.15, -0.1) is 0 Å². The Bertz CT molecular complexity index is 627. The molecule has 1 aliphatic carbocycles. The molecule has 0 aliphatic heterocycles. The molecule has 1 aliphatic rings. The maximum atomic E-state index is 12.7. The number of carbonyl (C=O) groups is 1. The van der Waals surface area contributed by atoms with Gasteiger partial charge in [0.1, 0.15) is 0 Å². The van der Waals surface area contributed by atoms with Crippen molar-refractivity contribution in [1.82, 2.24) is 5.32 Å². The molecule has 3 rings (SSSR count). The van der Waals surface area contributed by atoms with Gasteiger partial charge in [-0.25, -0.2) is 0 Å². The molecule has 0 atom stereocenters. The lowest BCUT2D eigenvalue weighted by molar-refractivity contribution is 0.0923. The van der Waals surface area contributed by atoms with E-state index in [9.17, 15) is 4.79 Å². The van der Waals surface area contributed by atoms with Crippen molar-refractivity contribution in [2.75, 3.05) is 0 Å². The van der Waals surface area contributed by atoms with Crippen LogP contribution in [0.1, 0.15) is 43.0 Å². The fourth-order valence-electron chi connectivity index (χ4n) is 3.22. The SMILES string of the molecule is CC1CCC(NC(=O)c2ccccc2-c2ccccc2)CC1. The average molecular weight is 293 g/mol. The van der Waals surface area contributed by atoms with Gasteiger partial charge in [0, 0.05) is 11.6 Å². The van der Waals surface area contributed by atoms with E-state index in [1.54, 1.807) is 0 Å². The van der Waals surface area contributed by atoms with E-state index in [0.29, 0.717) is 6.04 Å². The fourth-order valence-corrected chi connectivity index (χ4v) is 3.22. The van der Waals surface area contributed by atoms with Gasteiger partial charge in [0.25, 0.3) is 5.91 Å². The first-order chi connectivity index (χ1) is 10.7. The lowest BCUT2D eigenvalue weighted by Gasteiger charge is -2.27. The number of hydrogen-bond donors (Lipinski definition) is 1. The highest BCUT2D eigenvalue weighted by molar-refractivity contribution is 6.01. The lowest BCUT2D eigenvalue weighted by Crippen LogP contribution is -2.37. The summed E-state index contributed by atoms with van der Waals surface area (Å²) in [5.74, 6) is 0.851. The molecule has 0 aromatic heterocycles. The third kappa shape index (κ3) is 3.38. The quantitative estimate of drug-likeness (QED) is 0.876. The zero-order chi connectivity index (χ0) is 15.4. The molecule has 2 heteroatoms. The van der Waals surface area contributed by atoms with Crippen LogP contribution in [-0.4, -0.2) is 11.9 Å². The highest BCUT2D eigenvalue weighted by Crippen LogP contribution is 2.26. The first kappa shape index (κ1) is 14.8. The summed E-state index contributed by atoms with van der Waals surface area (Å²) in [5.41, 5.74) is 2.86. The molecule has 1 saturated carbocycles. The molecule has 2 nitrogen and oxygen atoms in total. The number of amides is 1. The smallest absolute Gasteiger partial charge is 0.252 e. The van der Waals surface area contributed by atoms with E-state index in [2.05, 4.69) is 24.4 Å². The number of nitrogens with one attached hydrogen (secondary N) is 1. The molecule has 1 fully saturated rings. The molecule has 0 bridgehead atoms. The van der Waals surface area contributed by atoms with E-state index in [4.69, 9.17) is 0 Å². The van der Waals surface area contributed by atoms with Crippen molar-refractivity contribution >= 4 is 5.91 Å². The van der Waals surface area contributed by atoms with E-state index < -0.39 is 0 Å². The van der Waals surface area contributed by atoms with Crippen LogP contribution in [-0.2, 0) is 0 Å². The molecule has 1 N–H and O–H groups in total. The van der Waals surface area contributed by atoms with E-state index >= 15 is 0 Å². The minimum absolute atomic E-state index is 0.0546. The van der Waals surface area contributed by atoms with Crippen molar-refractivity contribution in [2.45, 2.75) is 38.6 Å². The molecule has 22 heavy (non-hydrogen) atoms. The Morgan fingerprint density at radius 3 is 2.27 bits per heavy atom. The zero-order valence-electron chi connectivity index (χ0n) is 13.1. The second-order valence-electron chi connectivity index (χ2n) is 6.34. The largest absolute Gasteiger partial charge is 0.349 e. The Morgan fingerprint density at radius 2 is 1.55 bits per heavy atom. The van der Waals surface area contributed by atoms with Crippen molar-refractivity contribution in [2.24, 2.45) is 5.92 Å². The van der Waals surface area contributed by atoms with Crippen molar-refractivity contribution in [1.29, 1.82) is 0 Å². The molecular weight excluding hydrogens is 270 g/mol. The predicted molar refractivity (Wildman–Crippen MR) is 90.8 cm³/mol. The first-order valence-electron chi connectivity index (χ1n) is 8.19. The van der Waals surface area contributed by atoms with Crippen molar-refractivity contribution in [3.05, 3.63) is 60.2 Å². The van der Waals surface area contributed by atoms with Crippen LogP contribution in [0.3, 0.4) is 0 Å². The summed E-state index contributed by atoms with van der Waals surface area (Å²) in [6.07, 6.45) is 4.62. The molecule has 0 saturated heterocycles. The van der Waals surface area contributed by atoms with E-state index in [1.165, 1.54) is 12.8 Å². The number of carbonyl (C=O) groups excluding carboxylic acids is 1. The van der Waals surface area contributed by atoms with Crippen LogP contribution < -0.4 is 5.32 Å². The molecule has 0 heterocycles. The average Bonchev–Trinajstić information content (AvgIpc) is 2.58. The summed E-state index contributed by atoms with van der Waals surface area (Å²) in [5, 5.41) is 3.23. The van der Waals surface area contributed by atoms with Crippen LogP contribution >= 0.6 is 0 Å². The molecule has 114 valence electrons. The van der Waals surface area contributed by atoms with Crippen LogP contribution in [0.25, 0.3) is 11.1 Å². The fraction of sp³-hybridized carbons (Fsp3) is 0.350. The summed E-state index contributed by atoms with van der Waals surface area (Å²) >= 11 is 0. The Kier molecular flexibility index (Phi) is 4.57. The van der Waals surface area contributed by atoms with E-state index in [-0.39, 0.29) is 5.91 Å². The Balaban J connectivity index is 1.78. The topological polar surface area (TPSA) is 29.1 Å². The second kappa shape index (κ2) is 6.78. The number of benzene rings is 2. The molecule has 1 amide bonds. The van der Waals surface area contributed by atoms with Gasteiger partial charge in [0.05, 0.1) is 0 Å². The number of rotatable bonds is 3. The van der Waals surface area contributed by atoms with Gasteiger partial charge in [0.2, 0.25) is 0 Å². The standard InChI is InChI=1S/C20H23NO/c1-15-11-13-17(14-12-15)21-20(22)19-10-6-5-9-18(19)16-7-3-2-4-8-16/h2-10,15,17H,11-14H2,1H3,(H,21,22). The van der Waals surface area contributed by atoms with Gasteiger partial charge in [-0.1, -0.05) is 55.5 Å². The number of hydrogen-bond acceptors (Lipinski definition) is 1. The van der Waals surface area contributed by atoms with E-state index in [1.807, 2.05) is 42.5 Å². The van der Waals surface area contributed by atoms with Gasteiger partial charge in [-0.3, -0.25) is 4.79 Å². The first-order valence-corrected chi connectivity index (χ1v) is 8.19. The molecule has 2 aromatic rings.